The summed E-state index contributed by atoms with van der Waals surface area (Å²) in [5.74, 6) is 1.71. The van der Waals surface area contributed by atoms with Gasteiger partial charge in [0.15, 0.2) is 5.16 Å². The molecule has 4 rings (SSSR count). The maximum Gasteiger partial charge on any atom is 0.255 e. The van der Waals surface area contributed by atoms with Crippen molar-refractivity contribution in [2.45, 2.75) is 30.8 Å². The van der Waals surface area contributed by atoms with Crippen molar-refractivity contribution in [2.75, 3.05) is 39.7 Å². The van der Waals surface area contributed by atoms with Crippen LogP contribution in [0.2, 0.25) is 0 Å². The Morgan fingerprint density at radius 1 is 1.21 bits per heavy atom. The Morgan fingerprint density at radius 2 is 2.09 bits per heavy atom. The van der Waals surface area contributed by atoms with E-state index in [0.29, 0.717) is 18.7 Å². The molecule has 0 aliphatic carbocycles. The minimum Gasteiger partial charge on any atom is -0.497 e. The molecule has 1 fully saturated rings. The lowest BCUT2D eigenvalue weighted by Crippen LogP contribution is -2.39. The van der Waals surface area contributed by atoms with E-state index in [1.807, 2.05) is 54.4 Å². The van der Waals surface area contributed by atoms with Crippen LogP contribution in [0, 0.1) is 6.92 Å². The number of nitrogens with zero attached hydrogens (tertiary/aromatic N) is 4. The third-order valence-electron chi connectivity index (χ3n) is 6.03. The Labute approximate surface area is 204 Å². The maximum atomic E-state index is 13.3. The van der Waals surface area contributed by atoms with Gasteiger partial charge in [-0.3, -0.25) is 9.78 Å². The lowest BCUT2D eigenvalue weighted by molar-refractivity contribution is 0.0704. The van der Waals surface area contributed by atoms with Crippen molar-refractivity contribution in [3.8, 4) is 16.9 Å². The molecule has 1 aromatic carbocycles. The molecule has 0 spiro atoms. The molecule has 1 saturated heterocycles. The number of methoxy groups -OCH3 is 2. The molecule has 3 aromatic rings. The number of pyridine rings is 1. The first-order chi connectivity index (χ1) is 16.6. The van der Waals surface area contributed by atoms with Crippen molar-refractivity contribution in [1.29, 1.82) is 0 Å². The van der Waals surface area contributed by atoms with Gasteiger partial charge in [0.05, 0.1) is 25.0 Å². The van der Waals surface area contributed by atoms with Crippen LogP contribution >= 0.6 is 11.8 Å². The topological polar surface area (TPSA) is 77.4 Å². The number of hydrogen-bond acceptors (Lipinski definition) is 7. The third kappa shape index (κ3) is 5.56. The summed E-state index contributed by atoms with van der Waals surface area (Å²) in [6.07, 6.45) is 5.50. The first kappa shape index (κ1) is 24.2. The molecule has 8 heteroatoms. The fraction of sp³-hybridized carbons (Fsp3) is 0.385. The molecular weight excluding hydrogens is 448 g/mol. The average molecular weight is 479 g/mol. The Hall–Kier alpha value is -2.97. The normalized spacial score (nSPS) is 15.9. The lowest BCUT2D eigenvalue weighted by Gasteiger charge is -2.33. The second-order valence-electron chi connectivity index (χ2n) is 8.25. The van der Waals surface area contributed by atoms with Crippen molar-refractivity contribution in [1.82, 2.24) is 19.9 Å². The van der Waals surface area contributed by atoms with E-state index in [1.165, 1.54) is 0 Å². The number of hydrogen-bond donors (Lipinski definition) is 0. The van der Waals surface area contributed by atoms with Gasteiger partial charge in [-0.1, -0.05) is 23.9 Å². The molecule has 1 aliphatic heterocycles. The lowest BCUT2D eigenvalue weighted by atomic mass is 9.89. The van der Waals surface area contributed by atoms with Gasteiger partial charge in [0.2, 0.25) is 0 Å². The maximum absolute atomic E-state index is 13.3. The number of carbonyl (C=O) groups excluding carboxylic acids is 1. The highest BCUT2D eigenvalue weighted by atomic mass is 32.2. The zero-order chi connectivity index (χ0) is 23.9. The van der Waals surface area contributed by atoms with Crippen LogP contribution in [-0.4, -0.2) is 65.4 Å². The number of likely N-dealkylation sites (tertiary alicyclic amines) is 1. The quantitative estimate of drug-likeness (QED) is 0.266. The molecule has 0 N–H and O–H groups in total. The SMILES string of the molecule is COCCSc1ncc(-c2cccc(OC)c2)c(C2CCCN(C(=O)c3cccnc3C)C2)n1. The fourth-order valence-corrected chi connectivity index (χ4v) is 4.98. The molecule has 3 heterocycles. The largest absolute Gasteiger partial charge is 0.497 e. The standard InChI is InChI=1S/C26H30N4O3S/c1-18-22(10-5-11-27-18)25(31)30-12-6-8-20(17-30)24-23(19-7-4-9-21(15-19)33-3)16-28-26(29-24)34-14-13-32-2/h4-5,7,9-11,15-16,20H,6,8,12-14,17H2,1-3H3. The Balaban J connectivity index is 1.66. The molecule has 7 nitrogen and oxygen atoms in total. The van der Waals surface area contributed by atoms with Gasteiger partial charge >= 0.3 is 0 Å². The zero-order valence-electron chi connectivity index (χ0n) is 19.9. The Bertz CT molecular complexity index is 1140. The number of thioether (sulfide) groups is 1. The number of piperidine rings is 1. The van der Waals surface area contributed by atoms with Gasteiger partial charge in [0, 0.05) is 55.5 Å². The summed E-state index contributed by atoms with van der Waals surface area (Å²) in [7, 11) is 3.35. The predicted molar refractivity (Wildman–Crippen MR) is 133 cm³/mol. The highest BCUT2D eigenvalue weighted by molar-refractivity contribution is 7.99. The van der Waals surface area contributed by atoms with Gasteiger partial charge < -0.3 is 14.4 Å². The first-order valence-electron chi connectivity index (χ1n) is 11.4. The van der Waals surface area contributed by atoms with Crippen molar-refractivity contribution in [3.05, 3.63) is 65.7 Å². The highest BCUT2D eigenvalue weighted by Crippen LogP contribution is 2.35. The van der Waals surface area contributed by atoms with E-state index in [4.69, 9.17) is 14.5 Å². The number of benzene rings is 1. The summed E-state index contributed by atoms with van der Waals surface area (Å²) in [5, 5.41) is 0.727. The molecule has 34 heavy (non-hydrogen) atoms. The molecular formula is C26H30N4O3S. The van der Waals surface area contributed by atoms with Gasteiger partial charge in [-0.15, -0.1) is 0 Å². The van der Waals surface area contributed by atoms with Crippen LogP contribution in [0.1, 0.15) is 40.5 Å². The number of carbonyl (C=O) groups is 1. The van der Waals surface area contributed by atoms with E-state index in [0.717, 1.165) is 58.6 Å². The van der Waals surface area contributed by atoms with Crippen molar-refractivity contribution >= 4 is 17.7 Å². The number of aryl methyl sites for hydroxylation is 1. The summed E-state index contributed by atoms with van der Waals surface area (Å²) >= 11 is 1.58. The number of aromatic nitrogens is 3. The number of ether oxygens (including phenoxy) is 2. The van der Waals surface area contributed by atoms with Crippen LogP contribution in [0.4, 0.5) is 0 Å². The minimum absolute atomic E-state index is 0.0296. The second-order valence-corrected chi connectivity index (χ2v) is 9.31. The smallest absolute Gasteiger partial charge is 0.255 e. The minimum atomic E-state index is 0.0296. The number of amides is 1. The second kappa shape index (κ2) is 11.4. The average Bonchev–Trinajstić information content (AvgIpc) is 2.89. The molecule has 1 amide bonds. The molecule has 1 atom stereocenters. The van der Waals surface area contributed by atoms with Crippen molar-refractivity contribution in [2.24, 2.45) is 0 Å². The van der Waals surface area contributed by atoms with E-state index in [9.17, 15) is 4.79 Å². The zero-order valence-corrected chi connectivity index (χ0v) is 20.7. The van der Waals surface area contributed by atoms with Gasteiger partial charge in [-0.2, -0.15) is 0 Å². The monoisotopic (exact) mass is 478 g/mol. The van der Waals surface area contributed by atoms with E-state index in [-0.39, 0.29) is 11.8 Å². The van der Waals surface area contributed by atoms with E-state index in [2.05, 4.69) is 9.97 Å². The van der Waals surface area contributed by atoms with Gasteiger partial charge in [-0.05, 0) is 49.6 Å². The molecule has 0 radical (unpaired) electrons. The molecule has 178 valence electrons. The summed E-state index contributed by atoms with van der Waals surface area (Å²) in [6.45, 7) is 3.86. The van der Waals surface area contributed by atoms with E-state index in [1.54, 1.807) is 32.2 Å². The van der Waals surface area contributed by atoms with Crippen LogP contribution in [0.3, 0.4) is 0 Å². The van der Waals surface area contributed by atoms with Crippen LogP contribution in [0.5, 0.6) is 5.75 Å². The Kier molecular flexibility index (Phi) is 8.13. The fourth-order valence-electron chi connectivity index (χ4n) is 4.25. The summed E-state index contributed by atoms with van der Waals surface area (Å²) in [5.41, 5.74) is 4.38. The number of rotatable bonds is 8. The highest BCUT2D eigenvalue weighted by Gasteiger charge is 2.29. The summed E-state index contributed by atoms with van der Waals surface area (Å²) in [6, 6.07) is 11.6. The first-order valence-corrected chi connectivity index (χ1v) is 12.4. The van der Waals surface area contributed by atoms with E-state index < -0.39 is 0 Å². The van der Waals surface area contributed by atoms with Crippen LogP contribution in [0.25, 0.3) is 11.1 Å². The molecule has 1 aliphatic rings. The van der Waals surface area contributed by atoms with Gasteiger partial charge in [-0.25, -0.2) is 9.97 Å². The third-order valence-corrected chi connectivity index (χ3v) is 6.85. The molecule has 0 bridgehead atoms. The summed E-state index contributed by atoms with van der Waals surface area (Å²) < 4.78 is 10.6. The van der Waals surface area contributed by atoms with Crippen molar-refractivity contribution in [3.63, 3.8) is 0 Å². The van der Waals surface area contributed by atoms with Crippen molar-refractivity contribution < 1.29 is 14.3 Å². The van der Waals surface area contributed by atoms with Crippen LogP contribution in [-0.2, 0) is 4.74 Å². The van der Waals surface area contributed by atoms with E-state index >= 15 is 0 Å². The molecule has 2 aromatic heterocycles. The van der Waals surface area contributed by atoms with Crippen LogP contribution in [0.15, 0.2) is 53.9 Å². The predicted octanol–water partition coefficient (Wildman–Crippen LogP) is 4.61. The van der Waals surface area contributed by atoms with Gasteiger partial charge in [0.1, 0.15) is 5.75 Å². The molecule has 1 unspecified atom stereocenters. The molecule has 0 saturated carbocycles. The summed E-state index contributed by atoms with van der Waals surface area (Å²) in [4.78, 5) is 29.1. The van der Waals surface area contributed by atoms with Crippen LogP contribution < -0.4 is 4.74 Å². The van der Waals surface area contributed by atoms with Gasteiger partial charge in [0.25, 0.3) is 5.91 Å². The Morgan fingerprint density at radius 3 is 2.88 bits per heavy atom.